The Hall–Kier alpha value is -1.98. The van der Waals surface area contributed by atoms with Gasteiger partial charge < -0.3 is 10.4 Å². The van der Waals surface area contributed by atoms with E-state index in [1.165, 1.54) is 18.6 Å². The van der Waals surface area contributed by atoms with Crippen LogP contribution in [0.3, 0.4) is 0 Å². The monoisotopic (exact) mass is 263 g/mol. The lowest BCUT2D eigenvalue weighted by atomic mass is 9.77. The summed E-state index contributed by atoms with van der Waals surface area (Å²) in [6.07, 6.45) is 6.71. The SMILES string of the molecule is CC1CCC(NC(=O)c2cnccn2)(C(=O)O)CC1. The molecule has 0 radical (unpaired) electrons. The van der Waals surface area contributed by atoms with E-state index in [2.05, 4.69) is 22.2 Å². The largest absolute Gasteiger partial charge is 0.480 e. The third kappa shape index (κ3) is 2.89. The van der Waals surface area contributed by atoms with Crippen LogP contribution in [-0.2, 0) is 4.79 Å². The minimum atomic E-state index is -1.17. The van der Waals surface area contributed by atoms with Crippen molar-refractivity contribution in [3.63, 3.8) is 0 Å². The number of rotatable bonds is 3. The van der Waals surface area contributed by atoms with Crippen LogP contribution in [0.25, 0.3) is 0 Å². The summed E-state index contributed by atoms with van der Waals surface area (Å²) in [5.74, 6) is -0.956. The van der Waals surface area contributed by atoms with Gasteiger partial charge in [0.25, 0.3) is 5.91 Å². The summed E-state index contributed by atoms with van der Waals surface area (Å²) < 4.78 is 0. The van der Waals surface area contributed by atoms with Crippen molar-refractivity contribution in [3.8, 4) is 0 Å². The van der Waals surface area contributed by atoms with E-state index in [9.17, 15) is 14.7 Å². The Bertz CT molecular complexity index is 467. The number of nitrogens with zero attached hydrogens (tertiary/aromatic N) is 2. The third-order valence-corrected chi connectivity index (χ3v) is 3.69. The van der Waals surface area contributed by atoms with E-state index in [0.29, 0.717) is 18.8 Å². The maximum Gasteiger partial charge on any atom is 0.329 e. The van der Waals surface area contributed by atoms with Crippen LogP contribution in [0.4, 0.5) is 0 Å². The molecule has 19 heavy (non-hydrogen) atoms. The normalized spacial score (nSPS) is 26.7. The molecule has 0 spiro atoms. The summed E-state index contributed by atoms with van der Waals surface area (Å²) in [6, 6.07) is 0. The maximum absolute atomic E-state index is 12.0. The average molecular weight is 263 g/mol. The van der Waals surface area contributed by atoms with Gasteiger partial charge in [-0.15, -0.1) is 0 Å². The van der Waals surface area contributed by atoms with Crippen LogP contribution < -0.4 is 5.32 Å². The standard InChI is InChI=1S/C13H17N3O3/c1-9-2-4-13(5-3-9,12(18)19)16-11(17)10-8-14-6-7-15-10/h6-9H,2-5H2,1H3,(H,16,17)(H,18,19). The number of carboxylic acids is 1. The molecule has 0 aromatic carbocycles. The molecule has 0 atom stereocenters. The van der Waals surface area contributed by atoms with Crippen molar-refractivity contribution in [2.24, 2.45) is 5.92 Å². The number of carboxylic acid groups (broad SMARTS) is 1. The van der Waals surface area contributed by atoms with Gasteiger partial charge in [0.1, 0.15) is 11.2 Å². The smallest absolute Gasteiger partial charge is 0.329 e. The Morgan fingerprint density at radius 1 is 1.37 bits per heavy atom. The topological polar surface area (TPSA) is 92.2 Å². The Balaban J connectivity index is 2.14. The first-order chi connectivity index (χ1) is 9.03. The molecule has 1 aromatic rings. The van der Waals surface area contributed by atoms with E-state index in [1.807, 2.05) is 0 Å². The van der Waals surface area contributed by atoms with E-state index in [1.54, 1.807) is 0 Å². The number of hydrogen-bond acceptors (Lipinski definition) is 4. The van der Waals surface area contributed by atoms with Crippen molar-refractivity contribution in [2.75, 3.05) is 0 Å². The van der Waals surface area contributed by atoms with Crippen molar-refractivity contribution >= 4 is 11.9 Å². The Morgan fingerprint density at radius 2 is 2.05 bits per heavy atom. The number of amides is 1. The molecule has 1 aromatic heterocycles. The fourth-order valence-electron chi connectivity index (χ4n) is 2.34. The molecule has 1 aliphatic carbocycles. The first-order valence-electron chi connectivity index (χ1n) is 6.35. The van der Waals surface area contributed by atoms with Gasteiger partial charge >= 0.3 is 5.97 Å². The molecule has 0 bridgehead atoms. The highest BCUT2D eigenvalue weighted by atomic mass is 16.4. The first-order valence-corrected chi connectivity index (χ1v) is 6.35. The van der Waals surface area contributed by atoms with Crippen LogP contribution >= 0.6 is 0 Å². The van der Waals surface area contributed by atoms with Gasteiger partial charge in [0, 0.05) is 12.4 Å². The van der Waals surface area contributed by atoms with Crippen molar-refractivity contribution in [1.29, 1.82) is 0 Å². The maximum atomic E-state index is 12.0. The summed E-state index contributed by atoms with van der Waals surface area (Å²) in [7, 11) is 0. The predicted octanol–water partition coefficient (Wildman–Crippen LogP) is 1.24. The molecule has 2 rings (SSSR count). The molecular formula is C13H17N3O3. The zero-order valence-corrected chi connectivity index (χ0v) is 10.8. The van der Waals surface area contributed by atoms with E-state index in [-0.39, 0.29) is 5.69 Å². The molecule has 0 aliphatic heterocycles. The fourth-order valence-corrected chi connectivity index (χ4v) is 2.34. The molecule has 1 heterocycles. The lowest BCUT2D eigenvalue weighted by Gasteiger charge is -2.36. The molecule has 1 fully saturated rings. The Labute approximate surface area is 111 Å². The highest BCUT2D eigenvalue weighted by Gasteiger charge is 2.42. The second-order valence-electron chi connectivity index (χ2n) is 5.11. The highest BCUT2D eigenvalue weighted by molar-refractivity contribution is 5.96. The van der Waals surface area contributed by atoms with Gasteiger partial charge in [-0.25, -0.2) is 9.78 Å². The number of hydrogen-bond donors (Lipinski definition) is 2. The number of aromatic nitrogens is 2. The van der Waals surface area contributed by atoms with Crippen molar-refractivity contribution in [3.05, 3.63) is 24.3 Å². The van der Waals surface area contributed by atoms with Crippen molar-refractivity contribution < 1.29 is 14.7 Å². The van der Waals surface area contributed by atoms with Crippen LogP contribution in [0.15, 0.2) is 18.6 Å². The summed E-state index contributed by atoms with van der Waals surface area (Å²) >= 11 is 0. The van der Waals surface area contributed by atoms with Crippen LogP contribution in [0.5, 0.6) is 0 Å². The van der Waals surface area contributed by atoms with Gasteiger partial charge in [-0.2, -0.15) is 0 Å². The Morgan fingerprint density at radius 3 is 2.58 bits per heavy atom. The lowest BCUT2D eigenvalue weighted by molar-refractivity contribution is -0.146. The van der Waals surface area contributed by atoms with Gasteiger partial charge in [-0.05, 0) is 31.6 Å². The molecule has 2 N–H and O–H groups in total. The number of nitrogens with one attached hydrogen (secondary N) is 1. The number of carbonyl (C=O) groups is 2. The minimum absolute atomic E-state index is 0.141. The van der Waals surface area contributed by atoms with Gasteiger partial charge in [0.05, 0.1) is 6.20 Å². The molecular weight excluding hydrogens is 246 g/mol. The second kappa shape index (κ2) is 5.34. The quantitative estimate of drug-likeness (QED) is 0.856. The van der Waals surface area contributed by atoms with Crippen LogP contribution in [-0.4, -0.2) is 32.5 Å². The van der Waals surface area contributed by atoms with E-state index in [0.717, 1.165) is 12.8 Å². The molecule has 1 aliphatic rings. The molecule has 102 valence electrons. The average Bonchev–Trinajstić information content (AvgIpc) is 2.42. The zero-order valence-electron chi connectivity index (χ0n) is 10.8. The molecule has 6 nitrogen and oxygen atoms in total. The van der Waals surface area contributed by atoms with Crippen molar-refractivity contribution in [1.82, 2.24) is 15.3 Å². The number of carbonyl (C=O) groups excluding carboxylic acids is 1. The predicted molar refractivity (Wildman–Crippen MR) is 67.5 cm³/mol. The third-order valence-electron chi connectivity index (χ3n) is 3.69. The van der Waals surface area contributed by atoms with Gasteiger partial charge in [-0.1, -0.05) is 6.92 Å². The second-order valence-corrected chi connectivity index (χ2v) is 5.11. The fraction of sp³-hybridized carbons (Fsp3) is 0.538. The first kappa shape index (κ1) is 13.5. The van der Waals surface area contributed by atoms with Gasteiger partial charge in [0.15, 0.2) is 0 Å². The van der Waals surface area contributed by atoms with Crippen LogP contribution in [0.2, 0.25) is 0 Å². The molecule has 0 saturated heterocycles. The summed E-state index contributed by atoms with van der Waals surface area (Å²) in [4.78, 5) is 31.2. The Kier molecular flexibility index (Phi) is 3.78. The lowest BCUT2D eigenvalue weighted by Crippen LogP contribution is -2.56. The van der Waals surface area contributed by atoms with Crippen LogP contribution in [0.1, 0.15) is 43.1 Å². The van der Waals surface area contributed by atoms with Gasteiger partial charge in [0.2, 0.25) is 0 Å². The van der Waals surface area contributed by atoms with E-state index >= 15 is 0 Å². The van der Waals surface area contributed by atoms with Gasteiger partial charge in [-0.3, -0.25) is 9.78 Å². The summed E-state index contributed by atoms with van der Waals surface area (Å²) in [6.45, 7) is 2.09. The molecule has 1 saturated carbocycles. The van der Waals surface area contributed by atoms with Crippen molar-refractivity contribution in [2.45, 2.75) is 38.1 Å². The molecule has 0 unspecified atom stereocenters. The highest BCUT2D eigenvalue weighted by Crippen LogP contribution is 2.32. The number of aliphatic carboxylic acids is 1. The van der Waals surface area contributed by atoms with Crippen LogP contribution in [0, 0.1) is 5.92 Å². The summed E-state index contributed by atoms with van der Waals surface area (Å²) in [5.41, 5.74) is -1.03. The van der Waals surface area contributed by atoms with E-state index in [4.69, 9.17) is 0 Å². The molecule has 6 heteroatoms. The minimum Gasteiger partial charge on any atom is -0.480 e. The molecule has 1 amide bonds. The van der Waals surface area contributed by atoms with E-state index < -0.39 is 17.4 Å². The zero-order chi connectivity index (χ0) is 13.9. The summed E-state index contributed by atoms with van der Waals surface area (Å²) in [5, 5.41) is 12.0.